The monoisotopic (exact) mass is 390 g/mol. The van der Waals surface area contributed by atoms with Gasteiger partial charge in [0.1, 0.15) is 0 Å². The van der Waals surface area contributed by atoms with Crippen molar-refractivity contribution in [1.29, 1.82) is 0 Å². The number of benzene rings is 1. The second kappa shape index (κ2) is 7.19. The molecule has 0 radical (unpaired) electrons. The van der Waals surface area contributed by atoms with Gasteiger partial charge < -0.3 is 4.90 Å². The molecule has 1 aromatic rings. The molecule has 26 heavy (non-hydrogen) atoms. The van der Waals surface area contributed by atoms with Crippen molar-refractivity contribution >= 4 is 15.7 Å². The first-order valence-corrected chi connectivity index (χ1v) is 10.3. The summed E-state index contributed by atoms with van der Waals surface area (Å²) in [5.74, 6) is 0.181. The van der Waals surface area contributed by atoms with E-state index in [9.17, 15) is 26.4 Å². The van der Waals surface area contributed by atoms with Gasteiger partial charge in [-0.15, -0.1) is 0 Å². The largest absolute Gasteiger partial charge is 0.416 e. The molecule has 1 aromatic carbocycles. The molecule has 0 aromatic heterocycles. The zero-order chi connectivity index (χ0) is 18.9. The van der Waals surface area contributed by atoms with Gasteiger partial charge in [0.25, 0.3) is 0 Å². The van der Waals surface area contributed by atoms with Gasteiger partial charge in [0, 0.05) is 32.2 Å². The molecule has 0 bridgehead atoms. The third-order valence-corrected chi connectivity index (χ3v) is 6.75. The molecule has 2 aliphatic heterocycles. The first-order chi connectivity index (χ1) is 12.1. The predicted molar refractivity (Wildman–Crippen MR) is 90.4 cm³/mol. The third-order valence-electron chi connectivity index (χ3n) is 5.00. The Morgan fingerprint density at radius 2 is 1.85 bits per heavy atom. The number of rotatable bonds is 3. The second-order valence-electron chi connectivity index (χ2n) is 6.85. The van der Waals surface area contributed by atoms with Crippen molar-refractivity contribution in [1.82, 2.24) is 9.80 Å². The Hall–Kier alpha value is -1.61. The Labute approximate surface area is 150 Å². The zero-order valence-electron chi connectivity index (χ0n) is 14.2. The highest BCUT2D eigenvalue weighted by atomic mass is 32.2. The SMILES string of the molecule is O=C(Cc1cccc(C(F)(F)F)c1)N1CCN([C@@H]2CCS(=O)(=O)C2)CC1. The van der Waals surface area contributed by atoms with Crippen molar-refractivity contribution in [2.45, 2.75) is 25.1 Å². The fourth-order valence-electron chi connectivity index (χ4n) is 3.54. The summed E-state index contributed by atoms with van der Waals surface area (Å²) in [5, 5.41) is 0. The lowest BCUT2D eigenvalue weighted by Crippen LogP contribution is -2.52. The fourth-order valence-corrected chi connectivity index (χ4v) is 5.31. The average Bonchev–Trinajstić information content (AvgIpc) is 2.94. The Balaban J connectivity index is 1.54. The molecular formula is C17H21F3N2O3S. The van der Waals surface area contributed by atoms with Crippen molar-refractivity contribution in [3.05, 3.63) is 35.4 Å². The topological polar surface area (TPSA) is 57.7 Å². The van der Waals surface area contributed by atoms with E-state index in [1.165, 1.54) is 12.1 Å². The molecule has 5 nitrogen and oxygen atoms in total. The standard InChI is InChI=1S/C17H21F3N2O3S/c18-17(19,20)14-3-1-2-13(10-14)11-16(23)22-7-5-21(6-8-22)15-4-9-26(24,25)12-15/h1-3,10,15H,4-9,11-12H2/t15-/m1/s1. The maximum absolute atomic E-state index is 12.8. The summed E-state index contributed by atoms with van der Waals surface area (Å²) in [4.78, 5) is 16.1. The molecule has 9 heteroatoms. The van der Waals surface area contributed by atoms with Gasteiger partial charge in [-0.05, 0) is 18.1 Å². The van der Waals surface area contributed by atoms with Crippen LogP contribution in [0.1, 0.15) is 17.5 Å². The van der Waals surface area contributed by atoms with E-state index in [1.54, 1.807) is 4.90 Å². The lowest BCUT2D eigenvalue weighted by molar-refractivity contribution is -0.138. The van der Waals surface area contributed by atoms with E-state index in [2.05, 4.69) is 4.90 Å². The number of sulfone groups is 1. The Morgan fingerprint density at radius 1 is 1.15 bits per heavy atom. The molecular weight excluding hydrogens is 369 g/mol. The average molecular weight is 390 g/mol. The molecule has 1 atom stereocenters. The van der Waals surface area contributed by atoms with Crippen LogP contribution in [0.15, 0.2) is 24.3 Å². The van der Waals surface area contributed by atoms with E-state index in [0.29, 0.717) is 38.2 Å². The van der Waals surface area contributed by atoms with Crippen LogP contribution < -0.4 is 0 Å². The van der Waals surface area contributed by atoms with Crippen LogP contribution in [-0.2, 0) is 27.2 Å². The van der Waals surface area contributed by atoms with Crippen LogP contribution in [0.2, 0.25) is 0 Å². The number of alkyl halides is 3. The van der Waals surface area contributed by atoms with Crippen molar-refractivity contribution in [2.24, 2.45) is 0 Å². The van der Waals surface area contributed by atoms with Gasteiger partial charge >= 0.3 is 6.18 Å². The van der Waals surface area contributed by atoms with Gasteiger partial charge in [-0.2, -0.15) is 13.2 Å². The van der Waals surface area contributed by atoms with Crippen molar-refractivity contribution in [3.8, 4) is 0 Å². The summed E-state index contributed by atoms with van der Waals surface area (Å²) in [5.41, 5.74) is -0.413. The van der Waals surface area contributed by atoms with Crippen LogP contribution in [0.25, 0.3) is 0 Å². The summed E-state index contributed by atoms with van der Waals surface area (Å²) >= 11 is 0. The minimum absolute atomic E-state index is 0.0146. The smallest absolute Gasteiger partial charge is 0.340 e. The molecule has 2 saturated heterocycles. The zero-order valence-corrected chi connectivity index (χ0v) is 15.0. The maximum atomic E-state index is 12.8. The molecule has 3 rings (SSSR count). The molecule has 0 unspecified atom stereocenters. The van der Waals surface area contributed by atoms with E-state index in [0.717, 1.165) is 12.1 Å². The molecule has 1 amide bonds. The van der Waals surface area contributed by atoms with Gasteiger partial charge in [0.05, 0.1) is 23.5 Å². The van der Waals surface area contributed by atoms with Crippen molar-refractivity contribution in [3.63, 3.8) is 0 Å². The summed E-state index contributed by atoms with van der Waals surface area (Å²) in [6.07, 6.45) is -3.87. The van der Waals surface area contributed by atoms with Crippen LogP contribution >= 0.6 is 0 Å². The number of piperazine rings is 1. The first-order valence-electron chi connectivity index (χ1n) is 8.52. The molecule has 144 valence electrons. The third kappa shape index (κ3) is 4.56. The summed E-state index contributed by atoms with van der Waals surface area (Å²) in [6, 6.07) is 4.84. The van der Waals surface area contributed by atoms with Gasteiger partial charge in [-0.1, -0.05) is 18.2 Å². The molecule has 0 N–H and O–H groups in total. The molecule has 2 aliphatic rings. The van der Waals surface area contributed by atoms with Crippen LogP contribution in [-0.4, -0.2) is 67.9 Å². The quantitative estimate of drug-likeness (QED) is 0.786. The number of hydrogen-bond donors (Lipinski definition) is 0. The van der Waals surface area contributed by atoms with Gasteiger partial charge in [0.15, 0.2) is 9.84 Å². The molecule has 2 fully saturated rings. The highest BCUT2D eigenvalue weighted by Crippen LogP contribution is 2.29. The minimum Gasteiger partial charge on any atom is -0.340 e. The highest BCUT2D eigenvalue weighted by Gasteiger charge is 2.34. The Kier molecular flexibility index (Phi) is 5.30. The Morgan fingerprint density at radius 3 is 2.42 bits per heavy atom. The molecule has 2 heterocycles. The second-order valence-corrected chi connectivity index (χ2v) is 9.08. The lowest BCUT2D eigenvalue weighted by atomic mass is 10.1. The number of hydrogen-bond acceptors (Lipinski definition) is 4. The van der Waals surface area contributed by atoms with Gasteiger partial charge in [0.2, 0.25) is 5.91 Å². The predicted octanol–water partition coefficient (Wildman–Crippen LogP) is 1.58. The first kappa shape index (κ1) is 19.2. The molecule has 0 aliphatic carbocycles. The van der Waals surface area contributed by atoms with E-state index >= 15 is 0 Å². The van der Waals surface area contributed by atoms with Crippen LogP contribution in [0.4, 0.5) is 13.2 Å². The minimum atomic E-state index is -4.42. The number of carbonyl (C=O) groups is 1. The van der Waals surface area contributed by atoms with E-state index < -0.39 is 21.6 Å². The van der Waals surface area contributed by atoms with Gasteiger partial charge in [-0.25, -0.2) is 8.42 Å². The fraction of sp³-hybridized carbons (Fsp3) is 0.588. The van der Waals surface area contributed by atoms with Crippen LogP contribution in [0, 0.1) is 0 Å². The highest BCUT2D eigenvalue weighted by molar-refractivity contribution is 7.91. The number of carbonyl (C=O) groups excluding carboxylic acids is 1. The maximum Gasteiger partial charge on any atom is 0.416 e. The van der Waals surface area contributed by atoms with Crippen LogP contribution in [0.3, 0.4) is 0 Å². The van der Waals surface area contributed by atoms with E-state index in [-0.39, 0.29) is 29.9 Å². The van der Waals surface area contributed by atoms with E-state index in [4.69, 9.17) is 0 Å². The van der Waals surface area contributed by atoms with Gasteiger partial charge in [-0.3, -0.25) is 9.69 Å². The number of nitrogens with zero attached hydrogens (tertiary/aromatic N) is 2. The number of halogens is 3. The summed E-state index contributed by atoms with van der Waals surface area (Å²) in [6.45, 7) is 2.12. The van der Waals surface area contributed by atoms with Crippen LogP contribution in [0.5, 0.6) is 0 Å². The van der Waals surface area contributed by atoms with Crippen molar-refractivity contribution in [2.75, 3.05) is 37.7 Å². The number of amides is 1. The molecule has 0 spiro atoms. The van der Waals surface area contributed by atoms with E-state index in [1.807, 2.05) is 0 Å². The summed E-state index contributed by atoms with van der Waals surface area (Å²) < 4.78 is 61.5. The Bertz CT molecular complexity index is 772. The lowest BCUT2D eigenvalue weighted by Gasteiger charge is -2.37. The normalized spacial score (nSPS) is 24.0. The molecule has 0 saturated carbocycles. The summed E-state index contributed by atoms with van der Waals surface area (Å²) in [7, 11) is -2.95. The van der Waals surface area contributed by atoms with Crippen molar-refractivity contribution < 1.29 is 26.4 Å².